The Morgan fingerprint density at radius 2 is 2.00 bits per heavy atom. The monoisotopic (exact) mass is 440 g/mol. The molecule has 5 atom stereocenters. The van der Waals surface area contributed by atoms with Crippen LogP contribution in [0.2, 0.25) is 18.1 Å². The Hall–Kier alpha value is -1.43. The van der Waals surface area contributed by atoms with E-state index >= 15 is 0 Å². The van der Waals surface area contributed by atoms with Crippen molar-refractivity contribution in [2.45, 2.75) is 77.2 Å². The molecule has 1 unspecified atom stereocenters. The van der Waals surface area contributed by atoms with E-state index in [4.69, 9.17) is 9.16 Å². The lowest BCUT2D eigenvalue weighted by Gasteiger charge is -2.53. The van der Waals surface area contributed by atoms with Crippen LogP contribution in [0.3, 0.4) is 0 Å². The molecule has 1 aromatic carbocycles. The Balaban J connectivity index is 1.80. The first-order chi connectivity index (χ1) is 14.6. The van der Waals surface area contributed by atoms with Gasteiger partial charge in [0.05, 0.1) is 18.7 Å². The van der Waals surface area contributed by atoms with Gasteiger partial charge in [0, 0.05) is 24.2 Å². The number of nitrogens with zero attached hydrogens (tertiary/aromatic N) is 2. The van der Waals surface area contributed by atoms with Crippen LogP contribution >= 0.6 is 0 Å². The summed E-state index contributed by atoms with van der Waals surface area (Å²) in [5.74, 6) is 2.55. The van der Waals surface area contributed by atoms with Crippen LogP contribution in [0.15, 0.2) is 30.5 Å². The van der Waals surface area contributed by atoms with E-state index in [9.17, 15) is 0 Å². The first-order valence-electron chi connectivity index (χ1n) is 12.0. The Bertz CT molecular complexity index is 923. The summed E-state index contributed by atoms with van der Waals surface area (Å²) in [4.78, 5) is 7.38. The lowest BCUT2D eigenvalue weighted by Crippen LogP contribution is -2.57. The molecule has 4 heterocycles. The summed E-state index contributed by atoms with van der Waals surface area (Å²) in [6, 6.07) is 8.85. The van der Waals surface area contributed by atoms with Crippen LogP contribution in [-0.2, 0) is 4.43 Å². The molecule has 0 amide bonds. The largest absolute Gasteiger partial charge is 0.497 e. The summed E-state index contributed by atoms with van der Waals surface area (Å²) in [6.45, 7) is 16.6. The van der Waals surface area contributed by atoms with E-state index in [1.54, 1.807) is 7.11 Å². The number of ether oxygens (including phenoxy) is 1. The molecule has 3 fully saturated rings. The van der Waals surface area contributed by atoms with Crippen molar-refractivity contribution < 1.29 is 9.16 Å². The molecule has 2 aromatic rings. The molecule has 2 bridgehead atoms. The molecular formula is C26H40N2O2Si. The third-order valence-electron chi connectivity index (χ3n) is 8.33. The van der Waals surface area contributed by atoms with E-state index in [1.165, 1.54) is 43.3 Å². The topological polar surface area (TPSA) is 34.6 Å². The number of hydrogen-bond donors (Lipinski definition) is 0. The number of methoxy groups -OCH3 is 1. The minimum Gasteiger partial charge on any atom is -0.497 e. The zero-order chi connectivity index (χ0) is 22.4. The standard InChI is InChI=1S/C26H40N2O2Si/c1-8-18-17-28-14-12-19(18)15-24(28)25(30-31(6,7)26(2,3)4)21-11-13-27-23-10-9-20(29-5)16-22(21)23/h9-11,13,16,18-19,24-25H,8,12,14-15,17H2,1-7H3/t18-,19-,24+,25-/m0/s1. The number of benzene rings is 1. The molecule has 0 spiro atoms. The first-order valence-corrected chi connectivity index (χ1v) is 14.9. The van der Waals surface area contributed by atoms with E-state index in [0.29, 0.717) is 6.04 Å². The fraction of sp³-hybridized carbons (Fsp3) is 0.654. The molecule has 4 nitrogen and oxygen atoms in total. The van der Waals surface area contributed by atoms with Crippen molar-refractivity contribution in [1.29, 1.82) is 0 Å². The summed E-state index contributed by atoms with van der Waals surface area (Å²) in [6.07, 6.45) is 5.89. The summed E-state index contributed by atoms with van der Waals surface area (Å²) < 4.78 is 12.8. The summed E-state index contributed by atoms with van der Waals surface area (Å²) in [7, 11) is -0.242. The van der Waals surface area contributed by atoms with Crippen molar-refractivity contribution in [3.8, 4) is 5.75 Å². The van der Waals surface area contributed by atoms with Gasteiger partial charge in [-0.2, -0.15) is 0 Å². The molecule has 5 rings (SSSR count). The lowest BCUT2D eigenvalue weighted by atomic mass is 9.72. The summed E-state index contributed by atoms with van der Waals surface area (Å²) in [5.41, 5.74) is 2.30. The van der Waals surface area contributed by atoms with Gasteiger partial charge in [-0.15, -0.1) is 0 Å². The maximum absolute atomic E-state index is 7.26. The Morgan fingerprint density at radius 1 is 1.23 bits per heavy atom. The van der Waals surface area contributed by atoms with E-state index in [-0.39, 0.29) is 11.1 Å². The average Bonchev–Trinajstić information content (AvgIpc) is 2.76. The molecule has 3 aliphatic heterocycles. The zero-order valence-electron chi connectivity index (χ0n) is 20.4. The molecular weight excluding hydrogens is 400 g/mol. The Morgan fingerprint density at radius 3 is 2.61 bits per heavy atom. The van der Waals surface area contributed by atoms with Crippen molar-refractivity contribution in [2.75, 3.05) is 20.2 Å². The van der Waals surface area contributed by atoms with Gasteiger partial charge in [0.15, 0.2) is 8.32 Å². The van der Waals surface area contributed by atoms with Crippen molar-refractivity contribution in [2.24, 2.45) is 11.8 Å². The minimum atomic E-state index is -1.98. The molecule has 31 heavy (non-hydrogen) atoms. The van der Waals surface area contributed by atoms with Gasteiger partial charge in [-0.05, 0) is 79.2 Å². The third-order valence-corrected chi connectivity index (χ3v) is 12.8. The fourth-order valence-electron chi connectivity index (χ4n) is 5.32. The molecule has 3 aliphatic rings. The van der Waals surface area contributed by atoms with Crippen molar-refractivity contribution in [3.05, 3.63) is 36.0 Å². The van der Waals surface area contributed by atoms with Crippen LogP contribution in [-0.4, -0.2) is 44.4 Å². The molecule has 0 saturated carbocycles. The Labute approximate surface area is 189 Å². The SMILES string of the molecule is CC[C@H]1CN2CC[C@H]1C[C@@H]2[C@@H](O[Si](C)(C)C(C)(C)C)c1ccnc2ccc(OC)cc12. The smallest absolute Gasteiger partial charge is 0.192 e. The van der Waals surface area contributed by atoms with Gasteiger partial charge < -0.3 is 9.16 Å². The molecule has 3 saturated heterocycles. The highest BCUT2D eigenvalue weighted by molar-refractivity contribution is 6.74. The normalized spacial score (nSPS) is 27.5. The van der Waals surface area contributed by atoms with Gasteiger partial charge in [-0.3, -0.25) is 9.88 Å². The van der Waals surface area contributed by atoms with Crippen molar-refractivity contribution >= 4 is 19.2 Å². The molecule has 0 aliphatic carbocycles. The number of pyridine rings is 1. The third kappa shape index (κ3) is 4.29. The number of fused-ring (bicyclic) bond motifs is 4. The zero-order valence-corrected chi connectivity index (χ0v) is 21.4. The van der Waals surface area contributed by atoms with Crippen LogP contribution in [0, 0.1) is 11.8 Å². The van der Waals surface area contributed by atoms with E-state index < -0.39 is 8.32 Å². The van der Waals surface area contributed by atoms with Crippen molar-refractivity contribution in [3.63, 3.8) is 0 Å². The van der Waals surface area contributed by atoms with Gasteiger partial charge in [0.25, 0.3) is 0 Å². The quantitative estimate of drug-likeness (QED) is 0.485. The molecule has 0 N–H and O–H groups in total. The first kappa shape index (κ1) is 22.7. The summed E-state index contributed by atoms with van der Waals surface area (Å²) in [5, 5.41) is 1.33. The predicted molar refractivity (Wildman–Crippen MR) is 131 cm³/mol. The highest BCUT2D eigenvalue weighted by Gasteiger charge is 2.47. The van der Waals surface area contributed by atoms with Gasteiger partial charge in [-0.25, -0.2) is 0 Å². The predicted octanol–water partition coefficient (Wildman–Crippen LogP) is 6.43. The van der Waals surface area contributed by atoms with Gasteiger partial charge in [-0.1, -0.05) is 34.1 Å². The van der Waals surface area contributed by atoms with E-state index in [2.05, 4.69) is 68.9 Å². The fourth-order valence-corrected chi connectivity index (χ4v) is 6.59. The van der Waals surface area contributed by atoms with Crippen LogP contribution in [0.25, 0.3) is 10.9 Å². The lowest BCUT2D eigenvalue weighted by molar-refractivity contribution is -0.0519. The van der Waals surface area contributed by atoms with Crippen LogP contribution in [0.4, 0.5) is 0 Å². The van der Waals surface area contributed by atoms with Gasteiger partial charge >= 0.3 is 0 Å². The molecule has 1 aromatic heterocycles. The molecule has 0 radical (unpaired) electrons. The van der Waals surface area contributed by atoms with Crippen LogP contribution in [0.1, 0.15) is 58.6 Å². The molecule has 5 heteroatoms. The second-order valence-electron chi connectivity index (χ2n) is 11.1. The maximum Gasteiger partial charge on any atom is 0.192 e. The highest BCUT2D eigenvalue weighted by atomic mass is 28.4. The maximum atomic E-state index is 7.26. The van der Waals surface area contributed by atoms with Crippen molar-refractivity contribution in [1.82, 2.24) is 9.88 Å². The van der Waals surface area contributed by atoms with Crippen LogP contribution in [0.5, 0.6) is 5.75 Å². The second kappa shape index (κ2) is 8.49. The van der Waals surface area contributed by atoms with Gasteiger partial charge in [0.2, 0.25) is 0 Å². The number of rotatable bonds is 6. The van der Waals surface area contributed by atoms with Crippen LogP contribution < -0.4 is 4.74 Å². The Kier molecular flexibility index (Phi) is 6.23. The highest BCUT2D eigenvalue weighted by Crippen LogP contribution is 2.47. The minimum absolute atomic E-state index is 0.0686. The second-order valence-corrected chi connectivity index (χ2v) is 15.9. The number of hydrogen-bond acceptors (Lipinski definition) is 4. The van der Waals surface area contributed by atoms with E-state index in [1.807, 2.05) is 12.3 Å². The molecule has 170 valence electrons. The van der Waals surface area contributed by atoms with E-state index in [0.717, 1.165) is 23.1 Å². The average molecular weight is 441 g/mol. The van der Waals surface area contributed by atoms with Gasteiger partial charge in [0.1, 0.15) is 5.75 Å². The number of aromatic nitrogens is 1. The number of piperidine rings is 3. The summed E-state index contributed by atoms with van der Waals surface area (Å²) >= 11 is 0.